The van der Waals surface area contributed by atoms with Gasteiger partial charge >= 0.3 is 0 Å². The van der Waals surface area contributed by atoms with Crippen molar-refractivity contribution in [2.45, 2.75) is 65.7 Å². The van der Waals surface area contributed by atoms with E-state index in [9.17, 15) is 18.4 Å². The van der Waals surface area contributed by atoms with Crippen LogP contribution in [-0.4, -0.2) is 42.8 Å². The number of imidazole rings is 2. The van der Waals surface area contributed by atoms with Gasteiger partial charge in [0.1, 0.15) is 11.5 Å². The maximum atomic E-state index is 14.0. The number of rotatable bonds is 5. The highest BCUT2D eigenvalue weighted by molar-refractivity contribution is 6.04. The number of carbonyl (C=O) groups excluding carboxylic acids is 2. The number of aromatic nitrogens is 5. The van der Waals surface area contributed by atoms with Crippen molar-refractivity contribution in [3.05, 3.63) is 65.9 Å². The van der Waals surface area contributed by atoms with Crippen molar-refractivity contribution in [3.63, 3.8) is 0 Å². The molecular formula is C30H34F2N6O2. The molecule has 4 aromatic rings. The number of amides is 1. The molecule has 40 heavy (non-hydrogen) atoms. The first-order chi connectivity index (χ1) is 18.9. The van der Waals surface area contributed by atoms with Crippen molar-refractivity contribution < 1.29 is 18.4 Å². The van der Waals surface area contributed by atoms with Crippen molar-refractivity contribution in [2.75, 3.05) is 11.4 Å². The number of aromatic amines is 1. The molecule has 0 spiro atoms. The average molecular weight is 549 g/mol. The lowest BCUT2D eigenvalue weighted by atomic mass is 9.71. The van der Waals surface area contributed by atoms with Gasteiger partial charge in [-0.05, 0) is 24.3 Å². The molecule has 0 saturated carbocycles. The first-order valence-corrected chi connectivity index (χ1v) is 13.5. The Hall–Kier alpha value is -3.95. The van der Waals surface area contributed by atoms with Gasteiger partial charge in [-0.25, -0.2) is 23.3 Å². The van der Waals surface area contributed by atoms with Crippen LogP contribution < -0.4 is 4.90 Å². The van der Waals surface area contributed by atoms with E-state index in [1.165, 1.54) is 18.5 Å². The van der Waals surface area contributed by atoms with E-state index in [-0.39, 0.29) is 28.4 Å². The number of carbonyl (C=O) groups is 2. The summed E-state index contributed by atoms with van der Waals surface area (Å²) in [6.07, 6.45) is 4.35. The number of Topliss-reactive ketones (excluding diaryl/α,β-unsaturated/α-hetero) is 1. The molecule has 1 fully saturated rings. The van der Waals surface area contributed by atoms with Gasteiger partial charge < -0.3 is 4.98 Å². The Kier molecular flexibility index (Phi) is 7.06. The molecule has 1 amide bonds. The van der Waals surface area contributed by atoms with Crippen molar-refractivity contribution in [2.24, 2.45) is 11.3 Å². The van der Waals surface area contributed by atoms with Crippen LogP contribution in [0.1, 0.15) is 81.9 Å². The number of hydrogen-bond acceptors (Lipinski definition) is 5. The molecule has 0 aliphatic carbocycles. The number of nitrogens with one attached hydrogen (secondary N) is 1. The van der Waals surface area contributed by atoms with E-state index in [4.69, 9.17) is 10.1 Å². The lowest BCUT2D eigenvalue weighted by molar-refractivity contribution is -0.129. The van der Waals surface area contributed by atoms with Gasteiger partial charge in [0.25, 0.3) is 6.43 Å². The highest BCUT2D eigenvalue weighted by atomic mass is 19.3. The topological polar surface area (TPSA) is 96.3 Å². The van der Waals surface area contributed by atoms with Gasteiger partial charge in [0.2, 0.25) is 5.91 Å². The Morgan fingerprint density at radius 1 is 1.15 bits per heavy atom. The number of ketones is 1. The average Bonchev–Trinajstić information content (AvgIpc) is 3.58. The molecular weight excluding hydrogens is 514 g/mol. The smallest absolute Gasteiger partial charge is 0.263 e. The highest BCUT2D eigenvalue weighted by Gasteiger charge is 2.45. The van der Waals surface area contributed by atoms with E-state index in [1.54, 1.807) is 33.9 Å². The van der Waals surface area contributed by atoms with Crippen molar-refractivity contribution in [1.82, 2.24) is 24.6 Å². The predicted octanol–water partition coefficient (Wildman–Crippen LogP) is 6.40. The first kappa shape index (κ1) is 27.6. The third-order valence-electron chi connectivity index (χ3n) is 7.83. The number of benzene rings is 1. The van der Waals surface area contributed by atoms with Gasteiger partial charge in [0.05, 0.1) is 29.8 Å². The quantitative estimate of drug-likeness (QED) is 0.291. The van der Waals surface area contributed by atoms with E-state index in [0.29, 0.717) is 35.7 Å². The Balaban J connectivity index is 1.54. The molecule has 3 aromatic heterocycles. The zero-order chi connectivity index (χ0) is 28.8. The van der Waals surface area contributed by atoms with Crippen LogP contribution in [0.4, 0.5) is 14.6 Å². The van der Waals surface area contributed by atoms with Crippen LogP contribution in [0, 0.1) is 11.3 Å². The normalized spacial score (nSPS) is 18.2. The summed E-state index contributed by atoms with van der Waals surface area (Å²) < 4.78 is 27.8. The van der Waals surface area contributed by atoms with E-state index in [2.05, 4.69) is 9.97 Å². The molecule has 5 rings (SSSR count). The molecule has 1 N–H and O–H groups in total. The maximum Gasteiger partial charge on any atom is 0.263 e. The Labute approximate surface area is 231 Å². The Morgan fingerprint density at radius 2 is 1.88 bits per heavy atom. The second kappa shape index (κ2) is 10.2. The SMILES string of the molecule is CC(C)(C)c1cc(-c2ccc(C(F)F)cc2)nn2cc(C(=O)C3CCCCN(c4cnc[nH]4)C(=O)C3(C)C)nc12. The van der Waals surface area contributed by atoms with E-state index < -0.39 is 17.8 Å². The van der Waals surface area contributed by atoms with Crippen LogP contribution in [-0.2, 0) is 10.2 Å². The summed E-state index contributed by atoms with van der Waals surface area (Å²) in [4.78, 5) is 41.3. The Bertz CT molecular complexity index is 1530. The highest BCUT2D eigenvalue weighted by Crippen LogP contribution is 2.39. The minimum atomic E-state index is -2.55. The molecule has 1 aromatic carbocycles. The van der Waals surface area contributed by atoms with E-state index >= 15 is 0 Å². The fourth-order valence-corrected chi connectivity index (χ4v) is 5.43. The molecule has 1 saturated heterocycles. The van der Waals surface area contributed by atoms with Crippen LogP contribution in [0.15, 0.2) is 49.1 Å². The summed E-state index contributed by atoms with van der Waals surface area (Å²) in [5.74, 6) is -0.290. The van der Waals surface area contributed by atoms with Crippen molar-refractivity contribution >= 4 is 23.2 Å². The number of fused-ring (bicyclic) bond motifs is 1. The van der Waals surface area contributed by atoms with Gasteiger partial charge in [-0.2, -0.15) is 5.10 Å². The number of halogens is 2. The number of nitrogens with zero attached hydrogens (tertiary/aromatic N) is 5. The first-order valence-electron chi connectivity index (χ1n) is 13.5. The van der Waals surface area contributed by atoms with Crippen molar-refractivity contribution in [1.29, 1.82) is 0 Å². The van der Waals surface area contributed by atoms with Crippen LogP contribution in [0.25, 0.3) is 16.9 Å². The molecule has 1 unspecified atom stereocenters. The number of hydrogen-bond donors (Lipinski definition) is 1. The van der Waals surface area contributed by atoms with Gasteiger partial charge in [0, 0.05) is 29.2 Å². The van der Waals surface area contributed by atoms with Crippen LogP contribution in [0.5, 0.6) is 0 Å². The van der Waals surface area contributed by atoms with Gasteiger partial charge in [0.15, 0.2) is 11.4 Å². The second-order valence-electron chi connectivity index (χ2n) is 12.0. The molecule has 1 aliphatic heterocycles. The van der Waals surface area contributed by atoms with Gasteiger partial charge in [-0.1, -0.05) is 65.3 Å². The molecule has 4 heterocycles. The molecule has 10 heteroatoms. The minimum absolute atomic E-state index is 0.0566. The summed E-state index contributed by atoms with van der Waals surface area (Å²) in [6, 6.07) is 7.94. The summed E-state index contributed by atoms with van der Waals surface area (Å²) in [5.41, 5.74) is 1.58. The predicted molar refractivity (Wildman–Crippen MR) is 148 cm³/mol. The van der Waals surface area contributed by atoms with Gasteiger partial charge in [-0.3, -0.25) is 14.5 Å². The molecule has 210 valence electrons. The fraction of sp³-hybridized carbons (Fsp3) is 0.433. The maximum absolute atomic E-state index is 14.0. The number of anilines is 1. The fourth-order valence-electron chi connectivity index (χ4n) is 5.43. The molecule has 0 radical (unpaired) electrons. The summed E-state index contributed by atoms with van der Waals surface area (Å²) in [6.45, 7) is 10.3. The molecule has 0 bridgehead atoms. The van der Waals surface area contributed by atoms with Crippen molar-refractivity contribution in [3.8, 4) is 11.3 Å². The van der Waals surface area contributed by atoms with Crippen LogP contribution >= 0.6 is 0 Å². The summed E-state index contributed by atoms with van der Waals surface area (Å²) in [7, 11) is 0. The third kappa shape index (κ3) is 5.02. The van der Waals surface area contributed by atoms with Crippen LogP contribution in [0.3, 0.4) is 0 Å². The zero-order valence-corrected chi connectivity index (χ0v) is 23.4. The van der Waals surface area contributed by atoms with E-state index in [0.717, 1.165) is 18.4 Å². The summed E-state index contributed by atoms with van der Waals surface area (Å²) in [5, 5.41) is 4.70. The van der Waals surface area contributed by atoms with Crippen LogP contribution in [0.2, 0.25) is 0 Å². The molecule has 1 atom stereocenters. The monoisotopic (exact) mass is 548 g/mol. The lowest BCUT2D eigenvalue weighted by Gasteiger charge is -2.38. The molecule has 8 nitrogen and oxygen atoms in total. The standard InChI is InChI=1S/C30H34F2N6O2/c1-29(2,3)21-14-22(18-9-11-19(12-10-18)26(31)32)36-38-16-23(35-27(21)38)25(39)20-8-6-7-13-37(24-15-33-17-34-24)28(40)30(20,4)5/h9-12,14-17,20,26H,6-8,13H2,1-5H3,(H,33,34). The Morgan fingerprint density at radius 3 is 2.50 bits per heavy atom. The summed E-state index contributed by atoms with van der Waals surface area (Å²) >= 11 is 0. The lowest BCUT2D eigenvalue weighted by Crippen LogP contribution is -2.49. The zero-order valence-electron chi connectivity index (χ0n) is 23.4. The third-order valence-corrected chi connectivity index (χ3v) is 7.83. The number of H-pyrrole nitrogens is 1. The van der Waals surface area contributed by atoms with Gasteiger partial charge in [-0.15, -0.1) is 0 Å². The molecule has 1 aliphatic rings. The largest absolute Gasteiger partial charge is 0.331 e. The second-order valence-corrected chi connectivity index (χ2v) is 12.0. The van der Waals surface area contributed by atoms with E-state index in [1.807, 2.05) is 40.7 Å². The minimum Gasteiger partial charge on any atom is -0.331 e. The number of alkyl halides is 2.